The molecular weight excluding hydrogens is 428 g/mol. The maximum absolute atomic E-state index is 12.0. The highest BCUT2D eigenvalue weighted by Crippen LogP contribution is 2.23. The van der Waals surface area contributed by atoms with Gasteiger partial charge in [0.1, 0.15) is 11.3 Å². The second kappa shape index (κ2) is 6.55. The maximum Gasteiger partial charge on any atom is 0.307 e. The zero-order valence-electron chi connectivity index (χ0n) is 11.6. The van der Waals surface area contributed by atoms with Crippen molar-refractivity contribution in [2.45, 2.75) is 0 Å². The van der Waals surface area contributed by atoms with Crippen molar-refractivity contribution in [3.63, 3.8) is 0 Å². The number of carbonyl (C=O) groups is 1. The van der Waals surface area contributed by atoms with E-state index in [1.165, 1.54) is 12.3 Å². The van der Waals surface area contributed by atoms with Crippen LogP contribution in [0.25, 0.3) is 11.0 Å². The number of rotatable bonds is 3. The molecular formula is C16H10Br2N2O3. The Morgan fingerprint density at radius 1 is 1.13 bits per heavy atom. The number of nitrogens with zero attached hydrogens (tertiary/aromatic N) is 1. The molecule has 0 aliphatic rings. The van der Waals surface area contributed by atoms with Crippen LogP contribution in [0.3, 0.4) is 0 Å². The van der Waals surface area contributed by atoms with Gasteiger partial charge in [-0.05, 0) is 42.5 Å². The van der Waals surface area contributed by atoms with Crippen LogP contribution >= 0.6 is 31.9 Å². The summed E-state index contributed by atoms with van der Waals surface area (Å²) >= 11 is 6.67. The second-order valence-electron chi connectivity index (χ2n) is 4.70. The molecule has 0 fully saturated rings. The fourth-order valence-corrected chi connectivity index (χ4v) is 2.73. The van der Waals surface area contributed by atoms with Crippen molar-refractivity contribution in [2.24, 2.45) is 5.10 Å². The molecule has 0 atom stereocenters. The van der Waals surface area contributed by atoms with Gasteiger partial charge in [0, 0.05) is 19.9 Å². The predicted octanol–water partition coefficient (Wildman–Crippen LogP) is 4.43. The zero-order valence-corrected chi connectivity index (χ0v) is 14.8. The van der Waals surface area contributed by atoms with E-state index in [2.05, 4.69) is 42.4 Å². The minimum absolute atomic E-state index is 0.0692. The van der Waals surface area contributed by atoms with E-state index >= 15 is 0 Å². The van der Waals surface area contributed by atoms with Gasteiger partial charge in [0.25, 0.3) is 0 Å². The summed E-state index contributed by atoms with van der Waals surface area (Å²) in [7, 11) is 0. The molecule has 0 saturated heterocycles. The van der Waals surface area contributed by atoms with Gasteiger partial charge in [-0.15, -0.1) is 0 Å². The summed E-state index contributed by atoms with van der Waals surface area (Å²) in [4.78, 5) is 12.0. The van der Waals surface area contributed by atoms with Crippen LogP contribution in [0, 0.1) is 0 Å². The number of hydrogen-bond donors (Lipinski definition) is 2. The van der Waals surface area contributed by atoms with Gasteiger partial charge in [0.05, 0.1) is 6.21 Å². The lowest BCUT2D eigenvalue weighted by Gasteiger charge is -1.99. The number of nitrogens with one attached hydrogen (secondary N) is 1. The standard InChI is InChI=1S/C16H10Br2N2O3/c17-11-1-3-13(21)10(6-11)8-19-20-16(22)15-7-9-5-12(18)2-4-14(9)23-15/h1-8,21H,(H,20,22)/b19-8+. The summed E-state index contributed by atoms with van der Waals surface area (Å²) < 4.78 is 7.17. The van der Waals surface area contributed by atoms with Crippen molar-refractivity contribution in [3.05, 3.63) is 62.7 Å². The topological polar surface area (TPSA) is 74.8 Å². The molecule has 0 saturated carbocycles. The third kappa shape index (κ3) is 3.62. The Morgan fingerprint density at radius 3 is 2.70 bits per heavy atom. The van der Waals surface area contributed by atoms with Crippen LogP contribution in [0.5, 0.6) is 5.75 Å². The van der Waals surface area contributed by atoms with Crippen LogP contribution in [-0.2, 0) is 0 Å². The first-order valence-electron chi connectivity index (χ1n) is 6.54. The third-order valence-electron chi connectivity index (χ3n) is 3.06. The minimum atomic E-state index is -0.469. The van der Waals surface area contributed by atoms with Gasteiger partial charge in [-0.25, -0.2) is 5.43 Å². The molecule has 3 aromatic rings. The first-order valence-corrected chi connectivity index (χ1v) is 8.12. The lowest BCUT2D eigenvalue weighted by atomic mass is 10.2. The summed E-state index contributed by atoms with van der Waals surface area (Å²) in [6.45, 7) is 0. The molecule has 0 radical (unpaired) electrons. The Bertz CT molecular complexity index is 919. The van der Waals surface area contributed by atoms with Crippen LogP contribution in [0.4, 0.5) is 0 Å². The Morgan fingerprint density at radius 2 is 1.87 bits per heavy atom. The summed E-state index contributed by atoms with van der Waals surface area (Å²) in [5.74, 6) is -0.239. The normalized spacial score (nSPS) is 11.2. The molecule has 2 N–H and O–H groups in total. The third-order valence-corrected chi connectivity index (χ3v) is 4.05. The van der Waals surface area contributed by atoms with Crippen molar-refractivity contribution in [2.75, 3.05) is 0 Å². The van der Waals surface area contributed by atoms with Crippen LogP contribution in [-0.4, -0.2) is 17.2 Å². The number of fused-ring (bicyclic) bond motifs is 1. The number of hydrazone groups is 1. The van der Waals surface area contributed by atoms with Gasteiger partial charge in [0.15, 0.2) is 5.76 Å². The first-order chi connectivity index (χ1) is 11.0. The van der Waals surface area contributed by atoms with Crippen LogP contribution < -0.4 is 5.43 Å². The summed E-state index contributed by atoms with van der Waals surface area (Å²) in [5.41, 5.74) is 3.47. The number of hydrogen-bond acceptors (Lipinski definition) is 4. The summed E-state index contributed by atoms with van der Waals surface area (Å²) in [5, 5.41) is 14.3. The Hall–Kier alpha value is -2.12. The molecule has 0 spiro atoms. The molecule has 0 bridgehead atoms. The van der Waals surface area contributed by atoms with Crippen molar-refractivity contribution in [1.82, 2.24) is 5.43 Å². The molecule has 1 amide bonds. The van der Waals surface area contributed by atoms with Crippen molar-refractivity contribution in [3.8, 4) is 5.75 Å². The first kappa shape index (κ1) is 15.8. The quantitative estimate of drug-likeness (QED) is 0.470. The molecule has 0 aliphatic heterocycles. The molecule has 0 unspecified atom stereocenters. The van der Waals surface area contributed by atoms with Crippen LogP contribution in [0.1, 0.15) is 16.1 Å². The molecule has 23 heavy (non-hydrogen) atoms. The number of carbonyl (C=O) groups excluding carboxylic acids is 1. The van der Waals surface area contributed by atoms with Crippen molar-refractivity contribution >= 4 is 55.0 Å². The highest BCUT2D eigenvalue weighted by Gasteiger charge is 2.11. The van der Waals surface area contributed by atoms with Crippen LogP contribution in [0.2, 0.25) is 0 Å². The van der Waals surface area contributed by atoms with Gasteiger partial charge in [0.2, 0.25) is 0 Å². The van der Waals surface area contributed by atoms with E-state index in [1.54, 1.807) is 24.3 Å². The molecule has 1 aromatic heterocycles. The van der Waals surface area contributed by atoms with E-state index in [4.69, 9.17) is 4.42 Å². The molecule has 5 nitrogen and oxygen atoms in total. The van der Waals surface area contributed by atoms with Gasteiger partial charge in [-0.3, -0.25) is 4.79 Å². The largest absolute Gasteiger partial charge is 0.507 e. The van der Waals surface area contributed by atoms with E-state index in [1.807, 2.05) is 12.1 Å². The number of halogens is 2. The lowest BCUT2D eigenvalue weighted by molar-refractivity contribution is 0.0929. The van der Waals surface area contributed by atoms with Crippen molar-refractivity contribution in [1.29, 1.82) is 0 Å². The number of phenolic OH excluding ortho intramolecular Hbond substituents is 1. The van der Waals surface area contributed by atoms with Crippen molar-refractivity contribution < 1.29 is 14.3 Å². The van der Waals surface area contributed by atoms with E-state index in [-0.39, 0.29) is 11.5 Å². The average molecular weight is 438 g/mol. The number of benzene rings is 2. The number of furan rings is 1. The van der Waals surface area contributed by atoms with E-state index in [0.29, 0.717) is 11.1 Å². The Balaban J connectivity index is 1.75. The molecule has 0 aliphatic carbocycles. The summed E-state index contributed by atoms with van der Waals surface area (Å²) in [6.07, 6.45) is 1.36. The number of amides is 1. The molecule has 116 valence electrons. The molecule has 2 aromatic carbocycles. The van der Waals surface area contributed by atoms with Gasteiger partial charge in [-0.2, -0.15) is 5.10 Å². The minimum Gasteiger partial charge on any atom is -0.507 e. The number of phenols is 1. The fraction of sp³-hybridized carbons (Fsp3) is 0. The van der Waals surface area contributed by atoms with Gasteiger partial charge < -0.3 is 9.52 Å². The Labute approximate surface area is 148 Å². The van der Waals surface area contributed by atoms with Gasteiger partial charge >= 0.3 is 5.91 Å². The molecule has 7 heteroatoms. The van der Waals surface area contributed by atoms with E-state index in [0.717, 1.165) is 14.3 Å². The lowest BCUT2D eigenvalue weighted by Crippen LogP contribution is -2.16. The average Bonchev–Trinajstić information content (AvgIpc) is 2.93. The zero-order chi connectivity index (χ0) is 16.4. The Kier molecular flexibility index (Phi) is 4.49. The van der Waals surface area contributed by atoms with Crippen LogP contribution in [0.15, 0.2) is 60.9 Å². The summed E-state index contributed by atoms with van der Waals surface area (Å²) in [6, 6.07) is 12.0. The maximum atomic E-state index is 12.0. The highest BCUT2D eigenvalue weighted by molar-refractivity contribution is 9.10. The molecule has 1 heterocycles. The highest BCUT2D eigenvalue weighted by atomic mass is 79.9. The van der Waals surface area contributed by atoms with E-state index in [9.17, 15) is 9.90 Å². The fourth-order valence-electron chi connectivity index (χ4n) is 1.97. The SMILES string of the molecule is O=C(N/N=C/c1cc(Br)ccc1O)c1cc2cc(Br)ccc2o1. The van der Waals surface area contributed by atoms with E-state index < -0.39 is 5.91 Å². The number of aromatic hydroxyl groups is 1. The molecule has 3 rings (SSSR count). The second-order valence-corrected chi connectivity index (χ2v) is 6.53. The predicted molar refractivity (Wildman–Crippen MR) is 94.8 cm³/mol. The monoisotopic (exact) mass is 436 g/mol. The smallest absolute Gasteiger partial charge is 0.307 e. The van der Waals surface area contributed by atoms with Gasteiger partial charge in [-0.1, -0.05) is 31.9 Å².